The summed E-state index contributed by atoms with van der Waals surface area (Å²) < 4.78 is 0. The molecule has 0 heterocycles. The molecule has 0 saturated heterocycles. The van der Waals surface area contributed by atoms with E-state index in [4.69, 9.17) is 11.6 Å². The summed E-state index contributed by atoms with van der Waals surface area (Å²) in [5.74, 6) is 0.842. The second kappa shape index (κ2) is 4.30. The van der Waals surface area contributed by atoms with Gasteiger partial charge in [-0.25, -0.2) is 0 Å². The molecule has 0 unspecified atom stereocenters. The van der Waals surface area contributed by atoms with Gasteiger partial charge in [0.05, 0.1) is 5.60 Å². The van der Waals surface area contributed by atoms with Crippen LogP contribution in [0.2, 0.25) is 0 Å². The third-order valence-corrected chi connectivity index (χ3v) is 3.33. The minimum Gasteiger partial charge on any atom is -0.389 e. The Morgan fingerprint density at radius 2 is 1.77 bits per heavy atom. The molecule has 74 valence electrons. The first kappa shape index (κ1) is 10.8. The van der Waals surface area contributed by atoms with Crippen molar-refractivity contribution in [1.29, 1.82) is 0 Å². The maximum Gasteiger partial charge on any atom is 0.0783 e. The first-order valence-corrected chi connectivity index (χ1v) is 5.26. The zero-order chi connectivity index (χ0) is 9.90. The van der Waals surface area contributed by atoms with Crippen molar-refractivity contribution >= 4 is 11.6 Å². The molecule has 2 heteroatoms. The fourth-order valence-electron chi connectivity index (χ4n) is 2.30. The number of alkyl halides is 1. The molecule has 0 amide bonds. The summed E-state index contributed by atoms with van der Waals surface area (Å²) in [6, 6.07) is 0. The average Bonchev–Trinajstić information content (AvgIpc) is 2.42. The van der Waals surface area contributed by atoms with Crippen LogP contribution >= 0.6 is 11.6 Å². The summed E-state index contributed by atoms with van der Waals surface area (Å²) in [6.07, 6.45) is 6.30. The molecule has 0 aromatic rings. The Bertz CT molecular complexity index is 184. The molecular weight excluding hydrogens is 184 g/mol. The van der Waals surface area contributed by atoms with Crippen LogP contribution in [-0.4, -0.2) is 16.6 Å². The molecule has 1 aliphatic rings. The van der Waals surface area contributed by atoms with E-state index in [1.807, 2.05) is 12.2 Å². The summed E-state index contributed by atoms with van der Waals surface area (Å²) >= 11 is 5.69. The van der Waals surface area contributed by atoms with E-state index < -0.39 is 5.60 Å². The van der Waals surface area contributed by atoms with Crippen LogP contribution in [0.5, 0.6) is 0 Å². The highest BCUT2D eigenvalue weighted by Crippen LogP contribution is 2.44. The van der Waals surface area contributed by atoms with E-state index in [9.17, 15) is 5.11 Å². The highest BCUT2D eigenvalue weighted by Gasteiger charge is 2.45. The predicted octanol–water partition coefficient (Wildman–Crippen LogP) is 2.74. The molecular formula is C11H17ClO. The van der Waals surface area contributed by atoms with Crippen molar-refractivity contribution < 1.29 is 5.11 Å². The van der Waals surface area contributed by atoms with Gasteiger partial charge in [0.1, 0.15) is 0 Å². The van der Waals surface area contributed by atoms with Gasteiger partial charge in [0.2, 0.25) is 0 Å². The third kappa shape index (κ3) is 1.82. The first-order chi connectivity index (χ1) is 6.19. The van der Waals surface area contributed by atoms with Crippen LogP contribution in [-0.2, 0) is 0 Å². The topological polar surface area (TPSA) is 20.2 Å². The largest absolute Gasteiger partial charge is 0.389 e. The lowest BCUT2D eigenvalue weighted by Crippen LogP contribution is -2.38. The van der Waals surface area contributed by atoms with E-state index >= 15 is 0 Å². The normalized spacial score (nSPS) is 31.5. The minimum atomic E-state index is -0.689. The highest BCUT2D eigenvalue weighted by molar-refractivity contribution is 6.17. The molecule has 0 spiro atoms. The lowest BCUT2D eigenvalue weighted by Gasteiger charge is -2.32. The highest BCUT2D eigenvalue weighted by atomic mass is 35.5. The van der Waals surface area contributed by atoms with Crippen LogP contribution in [0, 0.1) is 11.8 Å². The summed E-state index contributed by atoms with van der Waals surface area (Å²) in [6.45, 7) is 7.50. The average molecular weight is 201 g/mol. The monoisotopic (exact) mass is 200 g/mol. The molecule has 1 fully saturated rings. The van der Waals surface area contributed by atoms with Gasteiger partial charge in [0.15, 0.2) is 0 Å². The van der Waals surface area contributed by atoms with Gasteiger partial charge in [0.25, 0.3) is 0 Å². The number of halogens is 1. The smallest absolute Gasteiger partial charge is 0.0783 e. The van der Waals surface area contributed by atoms with Crippen LogP contribution in [0.3, 0.4) is 0 Å². The summed E-state index contributed by atoms with van der Waals surface area (Å²) in [5.41, 5.74) is -0.689. The van der Waals surface area contributed by atoms with Gasteiger partial charge in [-0.05, 0) is 19.3 Å². The van der Waals surface area contributed by atoms with Crippen molar-refractivity contribution in [2.24, 2.45) is 11.8 Å². The Labute approximate surface area is 85.1 Å². The van der Waals surface area contributed by atoms with Gasteiger partial charge in [0, 0.05) is 17.7 Å². The molecule has 0 aliphatic heterocycles. The van der Waals surface area contributed by atoms with Crippen molar-refractivity contribution in [2.45, 2.75) is 24.9 Å². The van der Waals surface area contributed by atoms with E-state index in [1.54, 1.807) is 0 Å². The lowest BCUT2D eigenvalue weighted by molar-refractivity contribution is -0.00946. The Hall–Kier alpha value is -0.270. The molecule has 0 radical (unpaired) electrons. The summed E-state index contributed by atoms with van der Waals surface area (Å²) in [5, 5.41) is 10.4. The van der Waals surface area contributed by atoms with E-state index in [1.165, 1.54) is 0 Å². The van der Waals surface area contributed by atoms with Crippen LogP contribution in [0.25, 0.3) is 0 Å². The van der Waals surface area contributed by atoms with Gasteiger partial charge in [-0.3, -0.25) is 0 Å². The number of hydrogen-bond donors (Lipinski definition) is 1. The Morgan fingerprint density at radius 1 is 1.31 bits per heavy atom. The maximum absolute atomic E-state index is 10.4. The van der Waals surface area contributed by atoms with E-state index in [2.05, 4.69) is 13.2 Å². The van der Waals surface area contributed by atoms with Crippen molar-refractivity contribution in [3.05, 3.63) is 25.3 Å². The molecule has 0 aromatic heterocycles. The Morgan fingerprint density at radius 3 is 2.08 bits per heavy atom. The molecule has 2 atom stereocenters. The second-order valence-electron chi connectivity index (χ2n) is 3.69. The van der Waals surface area contributed by atoms with Crippen LogP contribution < -0.4 is 0 Å². The summed E-state index contributed by atoms with van der Waals surface area (Å²) in [4.78, 5) is 0. The summed E-state index contributed by atoms with van der Waals surface area (Å²) in [7, 11) is 0. The van der Waals surface area contributed by atoms with Gasteiger partial charge >= 0.3 is 0 Å². The zero-order valence-corrected chi connectivity index (χ0v) is 8.63. The third-order valence-electron chi connectivity index (χ3n) is 3.14. The number of hydrogen-bond acceptors (Lipinski definition) is 1. The van der Waals surface area contributed by atoms with Crippen LogP contribution in [0.4, 0.5) is 0 Å². The second-order valence-corrected chi connectivity index (χ2v) is 4.07. The maximum atomic E-state index is 10.4. The zero-order valence-electron chi connectivity index (χ0n) is 7.88. The van der Waals surface area contributed by atoms with Gasteiger partial charge in [-0.2, -0.15) is 0 Å². The van der Waals surface area contributed by atoms with Gasteiger partial charge < -0.3 is 5.11 Å². The van der Waals surface area contributed by atoms with E-state index in [0.717, 1.165) is 12.8 Å². The fourth-order valence-corrected chi connectivity index (χ4v) is 2.60. The van der Waals surface area contributed by atoms with Crippen molar-refractivity contribution in [3.63, 3.8) is 0 Å². The Balaban J connectivity index is 2.82. The molecule has 1 nitrogen and oxygen atoms in total. The van der Waals surface area contributed by atoms with Gasteiger partial charge in [-0.1, -0.05) is 12.2 Å². The molecule has 1 rings (SSSR count). The quantitative estimate of drug-likeness (QED) is 0.547. The van der Waals surface area contributed by atoms with Crippen LogP contribution in [0.15, 0.2) is 25.3 Å². The molecule has 13 heavy (non-hydrogen) atoms. The van der Waals surface area contributed by atoms with E-state index in [0.29, 0.717) is 12.3 Å². The molecule has 1 saturated carbocycles. The van der Waals surface area contributed by atoms with Crippen molar-refractivity contribution in [1.82, 2.24) is 0 Å². The SMILES string of the molecule is C=C[C@@H]1CC[C@@H](C=C)C1(O)CCCl. The van der Waals surface area contributed by atoms with Crippen molar-refractivity contribution in [2.75, 3.05) is 5.88 Å². The molecule has 1 aliphatic carbocycles. The van der Waals surface area contributed by atoms with Gasteiger partial charge in [-0.15, -0.1) is 24.8 Å². The minimum absolute atomic E-state index is 0.175. The van der Waals surface area contributed by atoms with E-state index in [-0.39, 0.29) is 11.8 Å². The number of rotatable bonds is 4. The predicted molar refractivity (Wildman–Crippen MR) is 56.9 cm³/mol. The number of aliphatic hydroxyl groups is 1. The standard InChI is InChI=1S/C11H17ClO/c1-3-9-5-6-10(4-2)11(9,13)7-8-12/h3-4,9-10,13H,1-2,5-8H2/t9-,10-/m1/s1. The molecule has 1 N–H and O–H groups in total. The molecule has 0 bridgehead atoms. The van der Waals surface area contributed by atoms with Crippen LogP contribution in [0.1, 0.15) is 19.3 Å². The van der Waals surface area contributed by atoms with Crippen molar-refractivity contribution in [3.8, 4) is 0 Å². The molecule has 0 aromatic carbocycles. The first-order valence-electron chi connectivity index (χ1n) is 4.72. The fraction of sp³-hybridized carbons (Fsp3) is 0.636. The lowest BCUT2D eigenvalue weighted by atomic mass is 9.82. The Kier molecular flexibility index (Phi) is 3.57.